The van der Waals surface area contributed by atoms with Crippen LogP contribution in [0.3, 0.4) is 0 Å². The number of amides is 1. The van der Waals surface area contributed by atoms with Crippen LogP contribution >= 0.6 is 0 Å². The van der Waals surface area contributed by atoms with E-state index < -0.39 is 22.2 Å². The number of nitrogens with zero attached hydrogens (tertiary/aromatic N) is 1. The second-order valence-corrected chi connectivity index (χ2v) is 11.0. The third kappa shape index (κ3) is 8.95. The van der Waals surface area contributed by atoms with Gasteiger partial charge in [0.2, 0.25) is 0 Å². The molecule has 13 heteroatoms. The van der Waals surface area contributed by atoms with E-state index in [1.165, 1.54) is 0 Å². The molecule has 0 aliphatic carbocycles. The van der Waals surface area contributed by atoms with Crippen LogP contribution in [0.5, 0.6) is 0 Å². The lowest BCUT2D eigenvalue weighted by Gasteiger charge is -2.31. The fourth-order valence-corrected chi connectivity index (χ4v) is 5.42. The molecule has 1 fully saturated rings. The molecule has 3 aromatic rings. The summed E-state index contributed by atoms with van der Waals surface area (Å²) < 4.78 is 60.6. The molecule has 1 saturated heterocycles. The summed E-state index contributed by atoms with van der Waals surface area (Å²) in [6.45, 7) is 7.20. The molecule has 0 radical (unpaired) electrons. The molecule has 1 aliphatic rings. The van der Waals surface area contributed by atoms with Gasteiger partial charge in [-0.3, -0.25) is 9.52 Å². The first-order valence-corrected chi connectivity index (χ1v) is 14.1. The fourth-order valence-electron chi connectivity index (χ4n) is 4.04. The maximum absolute atomic E-state index is 13.2. The van der Waals surface area contributed by atoms with E-state index >= 15 is 0 Å². The Morgan fingerprint density at radius 2 is 1.61 bits per heavy atom. The molecule has 0 saturated carbocycles. The molecule has 1 amide bonds. The number of carboxylic acids is 1. The van der Waals surface area contributed by atoms with Crippen molar-refractivity contribution in [2.45, 2.75) is 31.5 Å². The number of aryl methyl sites for hydroxylation is 2. The molecule has 9 nitrogen and oxygen atoms in total. The van der Waals surface area contributed by atoms with Crippen LogP contribution in [-0.2, 0) is 21.4 Å². The average Bonchev–Trinajstić information content (AvgIpc) is 2.93. The number of carbonyl (C=O) groups excluding carboxylic acids is 1. The highest BCUT2D eigenvalue weighted by molar-refractivity contribution is 7.92. The molecule has 4 rings (SSSR count). The van der Waals surface area contributed by atoms with Crippen molar-refractivity contribution in [3.63, 3.8) is 0 Å². The first-order chi connectivity index (χ1) is 19.3. The number of alkyl halides is 3. The molecule has 3 aromatic carbocycles. The van der Waals surface area contributed by atoms with Gasteiger partial charge in [-0.25, -0.2) is 13.2 Å². The third-order valence-corrected chi connectivity index (χ3v) is 7.65. The highest BCUT2D eigenvalue weighted by Crippen LogP contribution is 2.27. The number of rotatable bonds is 7. The number of hydrogen-bond acceptors (Lipinski definition) is 6. The maximum atomic E-state index is 13.2. The molecule has 0 aromatic heterocycles. The molecule has 41 heavy (non-hydrogen) atoms. The number of piperazine rings is 1. The van der Waals surface area contributed by atoms with E-state index in [4.69, 9.17) is 9.90 Å². The summed E-state index contributed by atoms with van der Waals surface area (Å²) in [6.07, 6.45) is -5.08. The molecule has 0 spiro atoms. The summed E-state index contributed by atoms with van der Waals surface area (Å²) in [5, 5.41) is 13.4. The lowest BCUT2D eigenvalue weighted by Crippen LogP contribution is -2.44. The number of hydrogen-bond donors (Lipinski definition) is 4. The maximum Gasteiger partial charge on any atom is 0.490 e. The van der Waals surface area contributed by atoms with Crippen molar-refractivity contribution in [1.82, 2.24) is 10.6 Å². The van der Waals surface area contributed by atoms with Crippen molar-refractivity contribution in [2.75, 3.05) is 35.8 Å². The topological polar surface area (TPSA) is 128 Å². The van der Waals surface area contributed by atoms with Crippen molar-refractivity contribution < 1.29 is 36.3 Å². The summed E-state index contributed by atoms with van der Waals surface area (Å²) in [6, 6.07) is 20.2. The molecule has 4 N–H and O–H groups in total. The Morgan fingerprint density at radius 1 is 0.976 bits per heavy atom. The largest absolute Gasteiger partial charge is 0.490 e. The van der Waals surface area contributed by atoms with Crippen molar-refractivity contribution >= 4 is 33.3 Å². The van der Waals surface area contributed by atoms with Crippen molar-refractivity contribution in [3.8, 4) is 0 Å². The van der Waals surface area contributed by atoms with Gasteiger partial charge in [0.15, 0.2) is 0 Å². The Kier molecular flexibility index (Phi) is 10.4. The third-order valence-electron chi connectivity index (χ3n) is 6.12. The quantitative estimate of drug-likeness (QED) is 0.326. The van der Waals surface area contributed by atoms with E-state index in [0.717, 1.165) is 43.0 Å². The van der Waals surface area contributed by atoms with E-state index in [2.05, 4.69) is 20.3 Å². The Balaban J connectivity index is 0.000000587. The number of aliphatic carboxylic acids is 1. The minimum atomic E-state index is -5.08. The van der Waals surface area contributed by atoms with Crippen molar-refractivity contribution in [2.24, 2.45) is 0 Å². The van der Waals surface area contributed by atoms with Crippen LogP contribution in [0.15, 0.2) is 71.6 Å². The second-order valence-electron chi connectivity index (χ2n) is 9.31. The normalized spacial score (nSPS) is 13.5. The number of carbonyl (C=O) groups is 2. The van der Waals surface area contributed by atoms with Gasteiger partial charge in [0.25, 0.3) is 15.9 Å². The van der Waals surface area contributed by atoms with Gasteiger partial charge >= 0.3 is 12.1 Å². The minimum Gasteiger partial charge on any atom is -0.475 e. The van der Waals surface area contributed by atoms with Crippen LogP contribution in [0.4, 0.5) is 24.5 Å². The van der Waals surface area contributed by atoms with Gasteiger partial charge in [-0.15, -0.1) is 0 Å². The van der Waals surface area contributed by atoms with Gasteiger partial charge in [0, 0.05) is 44.1 Å². The van der Waals surface area contributed by atoms with E-state index in [1.807, 2.05) is 49.4 Å². The van der Waals surface area contributed by atoms with Gasteiger partial charge in [-0.2, -0.15) is 13.2 Å². The van der Waals surface area contributed by atoms with Crippen LogP contribution in [0, 0.1) is 13.8 Å². The molecule has 0 bridgehead atoms. The molecular formula is C28H31F3N4O5S. The molecule has 1 heterocycles. The summed E-state index contributed by atoms with van der Waals surface area (Å²) in [5.41, 5.74) is 4.11. The molecule has 1 aliphatic heterocycles. The van der Waals surface area contributed by atoms with Crippen LogP contribution in [0.25, 0.3) is 0 Å². The lowest BCUT2D eigenvalue weighted by molar-refractivity contribution is -0.192. The van der Waals surface area contributed by atoms with Crippen LogP contribution in [-0.4, -0.2) is 57.8 Å². The van der Waals surface area contributed by atoms with Gasteiger partial charge in [0.1, 0.15) is 0 Å². The number of carboxylic acid groups (broad SMARTS) is 1. The molecular weight excluding hydrogens is 561 g/mol. The fraction of sp³-hybridized carbons (Fsp3) is 0.286. The zero-order valence-electron chi connectivity index (χ0n) is 22.5. The van der Waals surface area contributed by atoms with Crippen LogP contribution < -0.4 is 20.3 Å². The number of anilines is 2. The number of benzene rings is 3. The smallest absolute Gasteiger partial charge is 0.475 e. The first-order valence-electron chi connectivity index (χ1n) is 12.6. The monoisotopic (exact) mass is 592 g/mol. The highest BCUT2D eigenvalue weighted by atomic mass is 32.2. The van der Waals surface area contributed by atoms with Crippen molar-refractivity contribution in [1.29, 1.82) is 0 Å². The predicted molar refractivity (Wildman–Crippen MR) is 150 cm³/mol. The Bertz CT molecular complexity index is 1480. The molecule has 0 unspecified atom stereocenters. The Labute approximate surface area is 236 Å². The van der Waals surface area contributed by atoms with Gasteiger partial charge in [-0.05, 0) is 54.8 Å². The van der Waals surface area contributed by atoms with E-state index in [0.29, 0.717) is 23.4 Å². The predicted octanol–water partition coefficient (Wildman–Crippen LogP) is 4.08. The van der Waals surface area contributed by atoms with E-state index in [1.54, 1.807) is 31.2 Å². The van der Waals surface area contributed by atoms with Gasteiger partial charge in [0.05, 0.1) is 10.5 Å². The SMILES string of the molecule is Cc1ccc(C)c(S(=O)(=O)Nc2ccc(N3CCNCC3)c(C(=O)NCc3ccccc3)c2)c1.O=C(O)C(F)(F)F. The number of sulfonamides is 1. The standard InChI is InChI=1S/C26H30N4O3S.C2HF3O2/c1-19-8-9-20(2)25(16-19)34(32,33)29-22-10-11-24(30-14-12-27-13-15-30)23(17-22)26(31)28-18-21-6-4-3-5-7-21;3-2(4,5)1(6)7/h3-11,16-17,27,29H,12-15,18H2,1-2H3,(H,28,31);(H,6,7). The number of nitrogens with one attached hydrogen (secondary N) is 3. The summed E-state index contributed by atoms with van der Waals surface area (Å²) >= 11 is 0. The Morgan fingerprint density at radius 3 is 2.22 bits per heavy atom. The van der Waals surface area contributed by atoms with E-state index in [9.17, 15) is 26.4 Å². The zero-order chi connectivity index (χ0) is 30.2. The van der Waals surface area contributed by atoms with Gasteiger partial charge in [-0.1, -0.05) is 42.5 Å². The second kappa shape index (κ2) is 13.5. The highest BCUT2D eigenvalue weighted by Gasteiger charge is 2.38. The first kappa shape index (κ1) is 31.4. The average molecular weight is 593 g/mol. The van der Waals surface area contributed by atoms with E-state index in [-0.39, 0.29) is 10.8 Å². The lowest BCUT2D eigenvalue weighted by atomic mass is 10.1. The van der Waals surface area contributed by atoms with Gasteiger partial charge < -0.3 is 20.6 Å². The summed E-state index contributed by atoms with van der Waals surface area (Å²) in [4.78, 5) is 24.5. The van der Waals surface area contributed by atoms with Crippen LogP contribution in [0.2, 0.25) is 0 Å². The van der Waals surface area contributed by atoms with Crippen LogP contribution in [0.1, 0.15) is 27.0 Å². The molecule has 220 valence electrons. The summed E-state index contributed by atoms with van der Waals surface area (Å²) in [5.74, 6) is -3.00. The zero-order valence-corrected chi connectivity index (χ0v) is 23.3. The van der Waals surface area contributed by atoms with Crippen molar-refractivity contribution in [3.05, 3.63) is 89.0 Å². The Hall–Kier alpha value is -4.10. The summed E-state index contributed by atoms with van der Waals surface area (Å²) in [7, 11) is -3.81. The minimum absolute atomic E-state index is 0.230. The molecule has 0 atom stereocenters. The number of halogens is 3.